The smallest absolute Gasteiger partial charge is 0.220 e. The quantitative estimate of drug-likeness (QED) is 0.598. The van der Waals surface area contributed by atoms with E-state index in [2.05, 4.69) is 47.3 Å². The molecule has 0 saturated heterocycles. The van der Waals surface area contributed by atoms with E-state index in [4.69, 9.17) is 4.74 Å². The molecule has 3 rings (SSSR count). The number of aromatic nitrogens is 1. The Labute approximate surface area is 161 Å². The molecule has 0 aliphatic rings. The number of amides is 1. The van der Waals surface area contributed by atoms with Gasteiger partial charge < -0.3 is 14.6 Å². The molecule has 2 aromatic carbocycles. The predicted octanol–water partition coefficient (Wildman–Crippen LogP) is 4.70. The fourth-order valence-corrected chi connectivity index (χ4v) is 3.45. The Morgan fingerprint density at radius 2 is 1.81 bits per heavy atom. The lowest BCUT2D eigenvalue weighted by Gasteiger charge is -2.11. The van der Waals surface area contributed by atoms with Gasteiger partial charge >= 0.3 is 0 Å². The topological polar surface area (TPSA) is 43.3 Å². The van der Waals surface area contributed by atoms with Crippen molar-refractivity contribution in [1.29, 1.82) is 0 Å². The molecule has 3 aromatic rings. The van der Waals surface area contributed by atoms with E-state index in [1.54, 1.807) is 0 Å². The van der Waals surface area contributed by atoms with Crippen LogP contribution in [0.3, 0.4) is 0 Å². The number of nitrogens with one attached hydrogen (secondary N) is 1. The van der Waals surface area contributed by atoms with Crippen molar-refractivity contribution in [3.8, 4) is 5.75 Å². The van der Waals surface area contributed by atoms with Crippen molar-refractivity contribution in [3.63, 3.8) is 0 Å². The second-order valence-electron chi connectivity index (χ2n) is 6.63. The molecule has 142 valence electrons. The number of rotatable bonds is 9. The lowest BCUT2D eigenvalue weighted by molar-refractivity contribution is -0.121. The van der Waals surface area contributed by atoms with Crippen LogP contribution in [0.2, 0.25) is 0 Å². The predicted molar refractivity (Wildman–Crippen MR) is 110 cm³/mol. The zero-order valence-corrected chi connectivity index (χ0v) is 16.2. The maximum Gasteiger partial charge on any atom is 0.220 e. The minimum Gasteiger partial charge on any atom is -0.494 e. The van der Waals surface area contributed by atoms with Crippen molar-refractivity contribution < 1.29 is 9.53 Å². The highest BCUT2D eigenvalue weighted by atomic mass is 16.5. The third-order valence-corrected chi connectivity index (χ3v) is 4.81. The largest absolute Gasteiger partial charge is 0.494 e. The zero-order chi connectivity index (χ0) is 19.1. The molecular formula is C23H28N2O2. The third kappa shape index (κ3) is 4.70. The highest BCUT2D eigenvalue weighted by molar-refractivity contribution is 5.84. The van der Waals surface area contributed by atoms with Gasteiger partial charge in [-0.3, -0.25) is 4.79 Å². The van der Waals surface area contributed by atoms with Gasteiger partial charge in [-0.05, 0) is 44.4 Å². The lowest BCUT2D eigenvalue weighted by Crippen LogP contribution is -2.22. The number of hydrogen-bond donors (Lipinski definition) is 1. The van der Waals surface area contributed by atoms with Crippen LogP contribution in [0.5, 0.6) is 5.75 Å². The van der Waals surface area contributed by atoms with Crippen LogP contribution < -0.4 is 10.1 Å². The average Bonchev–Trinajstić information content (AvgIpc) is 3.06. The second-order valence-corrected chi connectivity index (χ2v) is 6.63. The van der Waals surface area contributed by atoms with Crippen LogP contribution in [-0.2, 0) is 24.3 Å². The zero-order valence-electron chi connectivity index (χ0n) is 16.2. The number of nitrogens with zero attached hydrogens (tertiary/aromatic N) is 1. The Balaban J connectivity index is 1.52. The number of carbonyl (C=O) groups is 1. The van der Waals surface area contributed by atoms with Crippen molar-refractivity contribution in [3.05, 3.63) is 65.9 Å². The summed E-state index contributed by atoms with van der Waals surface area (Å²) in [5.41, 5.74) is 3.60. The van der Waals surface area contributed by atoms with E-state index in [9.17, 15) is 4.79 Å². The Morgan fingerprint density at radius 1 is 1.04 bits per heavy atom. The number of hydrogen-bond acceptors (Lipinski definition) is 2. The lowest BCUT2D eigenvalue weighted by atomic mass is 10.1. The van der Waals surface area contributed by atoms with E-state index in [0.717, 1.165) is 30.7 Å². The van der Waals surface area contributed by atoms with Gasteiger partial charge in [0.1, 0.15) is 5.75 Å². The van der Waals surface area contributed by atoms with E-state index in [1.807, 2.05) is 31.2 Å². The van der Waals surface area contributed by atoms with Gasteiger partial charge in [-0.15, -0.1) is 0 Å². The monoisotopic (exact) mass is 364 g/mol. The van der Waals surface area contributed by atoms with Crippen LogP contribution in [0.1, 0.15) is 37.8 Å². The molecule has 1 heterocycles. The van der Waals surface area contributed by atoms with E-state index in [0.29, 0.717) is 19.6 Å². The molecule has 0 bridgehead atoms. The van der Waals surface area contributed by atoms with E-state index in [-0.39, 0.29) is 5.91 Å². The molecule has 0 unspecified atom stereocenters. The van der Waals surface area contributed by atoms with Gasteiger partial charge in [-0.25, -0.2) is 0 Å². The second kappa shape index (κ2) is 9.26. The van der Waals surface area contributed by atoms with Crippen molar-refractivity contribution in [2.45, 2.75) is 46.2 Å². The minimum atomic E-state index is 0.0838. The van der Waals surface area contributed by atoms with Gasteiger partial charge in [0.15, 0.2) is 0 Å². The summed E-state index contributed by atoms with van der Waals surface area (Å²) >= 11 is 0. The molecule has 0 radical (unpaired) electrons. The fraction of sp³-hybridized carbons (Fsp3) is 0.348. The molecule has 0 spiro atoms. The van der Waals surface area contributed by atoms with Crippen LogP contribution >= 0.6 is 0 Å². The standard InChI is InChI=1S/C23H28N2O2/c1-3-25-17-19(20-12-6-7-13-21(20)25)11-9-15-23(26)24-16-18-10-5-8-14-22(18)27-4-2/h5-8,10,12-14,17H,3-4,9,11,15-16H2,1-2H3,(H,24,26). The molecule has 1 aromatic heterocycles. The van der Waals surface area contributed by atoms with Gasteiger partial charge in [-0.2, -0.15) is 0 Å². The van der Waals surface area contributed by atoms with Crippen molar-refractivity contribution >= 4 is 16.8 Å². The number of aryl methyl sites for hydroxylation is 2. The maximum atomic E-state index is 12.2. The van der Waals surface area contributed by atoms with Gasteiger partial charge in [0, 0.05) is 42.2 Å². The van der Waals surface area contributed by atoms with Gasteiger partial charge in [0.05, 0.1) is 6.61 Å². The summed E-state index contributed by atoms with van der Waals surface area (Å²) in [5, 5.41) is 4.31. The molecule has 0 fully saturated rings. The normalized spacial score (nSPS) is 10.9. The summed E-state index contributed by atoms with van der Waals surface area (Å²) < 4.78 is 7.88. The first kappa shape index (κ1) is 19.0. The molecule has 1 N–H and O–H groups in total. The summed E-state index contributed by atoms with van der Waals surface area (Å²) in [6.45, 7) is 6.20. The number of fused-ring (bicyclic) bond motifs is 1. The van der Waals surface area contributed by atoms with Crippen LogP contribution in [-0.4, -0.2) is 17.1 Å². The van der Waals surface area contributed by atoms with Gasteiger partial charge in [0.2, 0.25) is 5.91 Å². The molecule has 0 aliphatic carbocycles. The van der Waals surface area contributed by atoms with Crippen LogP contribution in [0.25, 0.3) is 10.9 Å². The summed E-state index contributed by atoms with van der Waals surface area (Å²) in [6, 6.07) is 16.3. The number of carbonyl (C=O) groups excluding carboxylic acids is 1. The fourth-order valence-electron chi connectivity index (χ4n) is 3.45. The Kier molecular flexibility index (Phi) is 6.53. The molecular weight excluding hydrogens is 336 g/mol. The van der Waals surface area contributed by atoms with E-state index in [1.165, 1.54) is 16.5 Å². The molecule has 0 atom stereocenters. The summed E-state index contributed by atoms with van der Waals surface area (Å²) in [6.07, 6.45) is 4.51. The first-order valence-corrected chi connectivity index (χ1v) is 9.77. The van der Waals surface area contributed by atoms with Gasteiger partial charge in [0.25, 0.3) is 0 Å². The highest BCUT2D eigenvalue weighted by Gasteiger charge is 2.09. The van der Waals surface area contributed by atoms with E-state index >= 15 is 0 Å². The SMILES string of the molecule is CCOc1ccccc1CNC(=O)CCCc1cn(CC)c2ccccc12. The molecule has 1 amide bonds. The van der Waals surface area contributed by atoms with Crippen molar-refractivity contribution in [1.82, 2.24) is 9.88 Å². The minimum absolute atomic E-state index is 0.0838. The van der Waals surface area contributed by atoms with Crippen LogP contribution in [0, 0.1) is 0 Å². The highest BCUT2D eigenvalue weighted by Crippen LogP contribution is 2.23. The Morgan fingerprint density at radius 3 is 2.63 bits per heavy atom. The summed E-state index contributed by atoms with van der Waals surface area (Å²) in [4.78, 5) is 12.2. The van der Waals surface area contributed by atoms with Crippen LogP contribution in [0.15, 0.2) is 54.7 Å². The number of ether oxygens (including phenoxy) is 1. The Bertz CT molecular complexity index is 898. The van der Waals surface area contributed by atoms with E-state index < -0.39 is 0 Å². The molecule has 4 nitrogen and oxygen atoms in total. The first-order chi connectivity index (χ1) is 13.2. The third-order valence-electron chi connectivity index (χ3n) is 4.81. The maximum absolute atomic E-state index is 12.2. The van der Waals surface area contributed by atoms with Crippen molar-refractivity contribution in [2.75, 3.05) is 6.61 Å². The summed E-state index contributed by atoms with van der Waals surface area (Å²) in [5.74, 6) is 0.924. The molecule has 0 aliphatic heterocycles. The number of benzene rings is 2. The first-order valence-electron chi connectivity index (χ1n) is 9.77. The molecule has 27 heavy (non-hydrogen) atoms. The average molecular weight is 364 g/mol. The van der Waals surface area contributed by atoms with Gasteiger partial charge in [-0.1, -0.05) is 36.4 Å². The summed E-state index contributed by atoms with van der Waals surface area (Å²) in [7, 11) is 0. The number of para-hydroxylation sites is 2. The Hall–Kier alpha value is -2.75. The van der Waals surface area contributed by atoms with Crippen molar-refractivity contribution in [2.24, 2.45) is 0 Å². The molecule has 4 heteroatoms. The van der Waals surface area contributed by atoms with Crippen LogP contribution in [0.4, 0.5) is 0 Å². The molecule has 0 saturated carbocycles.